The van der Waals surface area contributed by atoms with Crippen molar-refractivity contribution < 1.29 is 23.9 Å². The third-order valence-electron chi connectivity index (χ3n) is 7.03. The van der Waals surface area contributed by atoms with E-state index >= 15 is 0 Å². The first-order chi connectivity index (χ1) is 16.5. The first kappa shape index (κ1) is 21.1. The van der Waals surface area contributed by atoms with Gasteiger partial charge in [-0.1, -0.05) is 0 Å². The van der Waals surface area contributed by atoms with Crippen molar-refractivity contribution >= 4 is 17.7 Å². The number of ether oxygens (including phenoxy) is 2. The maximum Gasteiger partial charge on any atom is 0.255 e. The quantitative estimate of drug-likeness (QED) is 0.671. The molecule has 0 bridgehead atoms. The van der Waals surface area contributed by atoms with Gasteiger partial charge in [-0.05, 0) is 48.2 Å². The van der Waals surface area contributed by atoms with Crippen LogP contribution in [0.3, 0.4) is 0 Å². The van der Waals surface area contributed by atoms with Crippen LogP contribution in [-0.4, -0.2) is 64.3 Å². The molecule has 0 saturated carbocycles. The summed E-state index contributed by atoms with van der Waals surface area (Å²) in [5.74, 6) is 0.646. The Morgan fingerprint density at radius 1 is 1.12 bits per heavy atom. The highest BCUT2D eigenvalue weighted by Crippen LogP contribution is 2.31. The minimum Gasteiger partial charge on any atom is -0.489 e. The lowest BCUT2D eigenvalue weighted by Crippen LogP contribution is -2.52. The first-order valence-corrected chi connectivity index (χ1v) is 11.8. The molecule has 9 nitrogen and oxygen atoms in total. The minimum atomic E-state index is -0.606. The topological polar surface area (TPSA) is 101 Å². The van der Waals surface area contributed by atoms with Crippen molar-refractivity contribution in [3.05, 3.63) is 52.7 Å². The molecule has 2 atom stereocenters. The van der Waals surface area contributed by atoms with E-state index in [1.807, 2.05) is 18.3 Å². The van der Waals surface area contributed by atoms with Crippen LogP contribution in [0.2, 0.25) is 0 Å². The van der Waals surface area contributed by atoms with Gasteiger partial charge in [0.1, 0.15) is 17.9 Å². The Bertz CT molecular complexity index is 1180. The van der Waals surface area contributed by atoms with Crippen molar-refractivity contribution in [2.45, 2.75) is 50.9 Å². The molecule has 1 aromatic carbocycles. The fourth-order valence-electron chi connectivity index (χ4n) is 5.31. The molecule has 4 aliphatic rings. The summed E-state index contributed by atoms with van der Waals surface area (Å²) in [4.78, 5) is 44.9. The third kappa shape index (κ3) is 3.90. The molecule has 0 radical (unpaired) electrons. The zero-order chi connectivity index (χ0) is 23.2. The van der Waals surface area contributed by atoms with Crippen LogP contribution < -0.4 is 14.8 Å². The molecule has 6 rings (SSSR count). The fraction of sp³-hybridized carbons (Fsp3) is 0.440. The standard InChI is InChI=1S/C25H26N4O5/c30-22-4-3-21(23(31)27-22)29-13-17-10-18(1-2-20(17)25(29)32)34-19-5-7-28(14-19)12-15-9-16-6-8-33-24(16)26-11-15/h1-2,9-11,19,21H,3-8,12-14H2,(H,27,30,31)/t19-,21?/m0/s1. The number of nitrogens with zero attached hydrogens (tertiary/aromatic N) is 3. The smallest absolute Gasteiger partial charge is 0.255 e. The second-order valence-electron chi connectivity index (χ2n) is 9.39. The molecule has 1 unspecified atom stereocenters. The molecule has 2 fully saturated rings. The zero-order valence-corrected chi connectivity index (χ0v) is 18.8. The Morgan fingerprint density at radius 3 is 2.91 bits per heavy atom. The van der Waals surface area contributed by atoms with Gasteiger partial charge in [-0.15, -0.1) is 0 Å². The van der Waals surface area contributed by atoms with Gasteiger partial charge in [-0.25, -0.2) is 4.98 Å². The molecule has 1 aromatic heterocycles. The van der Waals surface area contributed by atoms with E-state index in [1.165, 1.54) is 11.1 Å². The molecule has 1 N–H and O–H groups in total. The number of aromatic nitrogens is 1. The molecule has 34 heavy (non-hydrogen) atoms. The van der Waals surface area contributed by atoms with Crippen LogP contribution in [0, 0.1) is 0 Å². The maximum absolute atomic E-state index is 12.9. The van der Waals surface area contributed by atoms with E-state index in [-0.39, 0.29) is 24.3 Å². The van der Waals surface area contributed by atoms with E-state index in [9.17, 15) is 14.4 Å². The highest BCUT2D eigenvalue weighted by atomic mass is 16.5. The van der Waals surface area contributed by atoms with Crippen molar-refractivity contribution in [1.29, 1.82) is 0 Å². The number of rotatable bonds is 5. The number of imide groups is 1. The summed E-state index contributed by atoms with van der Waals surface area (Å²) < 4.78 is 11.8. The van der Waals surface area contributed by atoms with Crippen LogP contribution >= 0.6 is 0 Å². The lowest BCUT2D eigenvalue weighted by atomic mass is 10.0. The molecule has 2 saturated heterocycles. The van der Waals surface area contributed by atoms with Crippen LogP contribution in [0.15, 0.2) is 30.5 Å². The molecule has 3 amide bonds. The van der Waals surface area contributed by atoms with E-state index in [2.05, 4.69) is 21.3 Å². The van der Waals surface area contributed by atoms with Crippen LogP contribution in [0.1, 0.15) is 46.3 Å². The maximum atomic E-state index is 12.9. The Hall–Kier alpha value is -3.46. The van der Waals surface area contributed by atoms with Crippen molar-refractivity contribution in [2.75, 3.05) is 19.7 Å². The number of pyridine rings is 1. The van der Waals surface area contributed by atoms with Gasteiger partial charge >= 0.3 is 0 Å². The molecule has 2 aromatic rings. The molecule has 0 spiro atoms. The SMILES string of the molecule is O=C1CCC(N2Cc3cc(O[C@H]4CCN(Cc5cnc6c(c5)CCO6)C4)ccc3C2=O)C(=O)N1. The van der Waals surface area contributed by atoms with Crippen molar-refractivity contribution in [1.82, 2.24) is 20.1 Å². The Kier molecular flexibility index (Phi) is 5.21. The Morgan fingerprint density at radius 2 is 2.03 bits per heavy atom. The van der Waals surface area contributed by atoms with E-state index in [0.717, 1.165) is 49.7 Å². The monoisotopic (exact) mass is 462 g/mol. The predicted octanol–water partition coefficient (Wildman–Crippen LogP) is 1.43. The van der Waals surface area contributed by atoms with E-state index in [0.29, 0.717) is 25.1 Å². The lowest BCUT2D eigenvalue weighted by molar-refractivity contribution is -0.136. The largest absolute Gasteiger partial charge is 0.489 e. The summed E-state index contributed by atoms with van der Waals surface area (Å²) in [6.45, 7) is 3.67. The average Bonchev–Trinajstić information content (AvgIpc) is 3.53. The summed E-state index contributed by atoms with van der Waals surface area (Å²) >= 11 is 0. The van der Waals surface area contributed by atoms with Gasteiger partial charge < -0.3 is 14.4 Å². The average molecular weight is 463 g/mol. The highest BCUT2D eigenvalue weighted by Gasteiger charge is 2.39. The van der Waals surface area contributed by atoms with Crippen LogP contribution in [0.5, 0.6) is 11.6 Å². The summed E-state index contributed by atoms with van der Waals surface area (Å²) in [7, 11) is 0. The number of hydrogen-bond donors (Lipinski definition) is 1. The van der Waals surface area contributed by atoms with Crippen LogP contribution in [-0.2, 0) is 29.1 Å². The van der Waals surface area contributed by atoms with E-state index < -0.39 is 11.9 Å². The molecule has 5 heterocycles. The second-order valence-corrected chi connectivity index (χ2v) is 9.39. The summed E-state index contributed by atoms with van der Waals surface area (Å²) in [5.41, 5.74) is 3.82. The zero-order valence-electron chi connectivity index (χ0n) is 18.8. The molecular weight excluding hydrogens is 436 g/mol. The number of fused-ring (bicyclic) bond motifs is 2. The summed E-state index contributed by atoms with van der Waals surface area (Å²) in [6, 6.07) is 7.11. The van der Waals surface area contributed by atoms with Crippen molar-refractivity contribution in [2.24, 2.45) is 0 Å². The number of amides is 3. The molecule has 9 heteroatoms. The van der Waals surface area contributed by atoms with Gasteiger partial charge in [0.05, 0.1) is 6.61 Å². The molecule has 4 aliphatic heterocycles. The van der Waals surface area contributed by atoms with E-state index in [1.54, 1.807) is 11.0 Å². The van der Waals surface area contributed by atoms with Crippen LogP contribution in [0.4, 0.5) is 0 Å². The first-order valence-electron chi connectivity index (χ1n) is 11.8. The van der Waals surface area contributed by atoms with Gasteiger partial charge in [0.25, 0.3) is 5.91 Å². The number of piperidine rings is 1. The van der Waals surface area contributed by atoms with Gasteiger partial charge in [-0.3, -0.25) is 24.6 Å². The predicted molar refractivity (Wildman–Crippen MR) is 120 cm³/mol. The summed E-state index contributed by atoms with van der Waals surface area (Å²) in [5, 5.41) is 2.34. The van der Waals surface area contributed by atoms with Gasteiger partial charge in [0.15, 0.2) is 0 Å². The second kappa shape index (κ2) is 8.39. The number of hydrogen-bond acceptors (Lipinski definition) is 7. The molecule has 0 aliphatic carbocycles. The summed E-state index contributed by atoms with van der Waals surface area (Å²) in [6.07, 6.45) is 4.43. The molecular formula is C25H26N4O5. The number of likely N-dealkylation sites (tertiary alicyclic amines) is 1. The van der Waals surface area contributed by atoms with Crippen molar-refractivity contribution in [3.63, 3.8) is 0 Å². The van der Waals surface area contributed by atoms with Gasteiger partial charge in [0.2, 0.25) is 17.7 Å². The van der Waals surface area contributed by atoms with Gasteiger partial charge in [0, 0.05) is 56.3 Å². The Labute approximate surface area is 197 Å². The van der Waals surface area contributed by atoms with E-state index in [4.69, 9.17) is 9.47 Å². The van der Waals surface area contributed by atoms with Crippen molar-refractivity contribution in [3.8, 4) is 11.6 Å². The lowest BCUT2D eigenvalue weighted by Gasteiger charge is -2.29. The number of carbonyl (C=O) groups is 3. The van der Waals surface area contributed by atoms with Gasteiger partial charge in [-0.2, -0.15) is 0 Å². The third-order valence-corrected chi connectivity index (χ3v) is 7.03. The number of carbonyl (C=O) groups excluding carboxylic acids is 3. The normalized spacial score (nSPS) is 24.1. The number of benzene rings is 1. The van der Waals surface area contributed by atoms with Crippen LogP contribution in [0.25, 0.3) is 0 Å². The Balaban J connectivity index is 1.08. The fourth-order valence-corrected chi connectivity index (χ4v) is 5.31. The highest BCUT2D eigenvalue weighted by molar-refractivity contribution is 6.05. The number of nitrogens with one attached hydrogen (secondary N) is 1. The molecule has 176 valence electrons. The minimum absolute atomic E-state index is 0.0760.